The minimum Gasteiger partial charge on any atom is -0.457 e. The zero-order chi connectivity index (χ0) is 19.2. The lowest BCUT2D eigenvalue weighted by molar-refractivity contribution is 0.0938. The number of nitrogens with one attached hydrogen (secondary N) is 2. The maximum Gasteiger partial charge on any atom is 0.251 e. The average Bonchev–Trinajstić information content (AvgIpc) is 3.23. The number of ether oxygens (including phenoxy) is 1. The van der Waals surface area contributed by atoms with Gasteiger partial charge in [0.1, 0.15) is 17.3 Å². The Hall–Kier alpha value is -3.34. The number of anilines is 2. The summed E-state index contributed by atoms with van der Waals surface area (Å²) in [6.07, 6.45) is 6.17. The van der Waals surface area contributed by atoms with Gasteiger partial charge in [-0.1, -0.05) is 31.0 Å². The van der Waals surface area contributed by atoms with Crippen molar-refractivity contribution in [3.05, 3.63) is 78.5 Å². The molecule has 3 aromatic rings. The van der Waals surface area contributed by atoms with Crippen LogP contribution in [-0.2, 0) is 0 Å². The van der Waals surface area contributed by atoms with Gasteiger partial charge in [0.25, 0.3) is 5.91 Å². The van der Waals surface area contributed by atoms with Crippen LogP contribution in [0.15, 0.2) is 72.9 Å². The van der Waals surface area contributed by atoms with Crippen molar-refractivity contribution in [1.82, 2.24) is 10.3 Å². The summed E-state index contributed by atoms with van der Waals surface area (Å²) in [7, 11) is 0. The number of amides is 1. The number of pyridine rings is 1. The van der Waals surface area contributed by atoms with Crippen molar-refractivity contribution in [3.63, 3.8) is 0 Å². The number of para-hydroxylation sites is 1. The van der Waals surface area contributed by atoms with Crippen LogP contribution in [0.2, 0.25) is 0 Å². The fourth-order valence-corrected chi connectivity index (χ4v) is 3.36. The predicted octanol–water partition coefficient (Wildman–Crippen LogP) is 5.29. The number of carbonyl (C=O) groups is 1. The van der Waals surface area contributed by atoms with Gasteiger partial charge in [-0.15, -0.1) is 0 Å². The number of benzene rings is 2. The van der Waals surface area contributed by atoms with Gasteiger partial charge in [-0.05, 0) is 61.4 Å². The Morgan fingerprint density at radius 3 is 2.39 bits per heavy atom. The van der Waals surface area contributed by atoms with Gasteiger partial charge < -0.3 is 15.4 Å². The summed E-state index contributed by atoms with van der Waals surface area (Å²) in [5.74, 6) is 2.15. The Morgan fingerprint density at radius 2 is 1.64 bits per heavy atom. The highest BCUT2D eigenvalue weighted by Crippen LogP contribution is 2.24. The molecule has 1 aliphatic rings. The van der Waals surface area contributed by atoms with Crippen LogP contribution < -0.4 is 15.4 Å². The van der Waals surface area contributed by atoms with Crippen LogP contribution in [-0.4, -0.2) is 16.9 Å². The second kappa shape index (κ2) is 8.57. The molecule has 142 valence electrons. The molecule has 0 atom stereocenters. The van der Waals surface area contributed by atoms with Gasteiger partial charge in [-0.25, -0.2) is 4.98 Å². The van der Waals surface area contributed by atoms with Crippen LogP contribution >= 0.6 is 0 Å². The number of aromatic nitrogens is 1. The van der Waals surface area contributed by atoms with Crippen molar-refractivity contribution in [2.75, 3.05) is 5.32 Å². The highest BCUT2D eigenvalue weighted by atomic mass is 16.5. The third-order valence-electron chi connectivity index (χ3n) is 4.82. The molecule has 1 fully saturated rings. The molecule has 4 rings (SSSR count). The summed E-state index contributed by atoms with van der Waals surface area (Å²) in [6, 6.07) is 21.1. The largest absolute Gasteiger partial charge is 0.457 e. The van der Waals surface area contributed by atoms with Gasteiger partial charge in [0.05, 0.1) is 0 Å². The van der Waals surface area contributed by atoms with Crippen LogP contribution in [0.1, 0.15) is 36.0 Å². The Bertz CT molecular complexity index is 920. The smallest absolute Gasteiger partial charge is 0.251 e. The lowest BCUT2D eigenvalue weighted by Crippen LogP contribution is -2.32. The molecule has 1 amide bonds. The van der Waals surface area contributed by atoms with Gasteiger partial charge in [0.15, 0.2) is 0 Å². The molecule has 0 bridgehead atoms. The van der Waals surface area contributed by atoms with E-state index in [1.165, 1.54) is 12.8 Å². The quantitative estimate of drug-likeness (QED) is 0.616. The molecule has 1 aromatic heterocycles. The third-order valence-corrected chi connectivity index (χ3v) is 4.82. The summed E-state index contributed by atoms with van der Waals surface area (Å²) in [4.78, 5) is 16.8. The van der Waals surface area contributed by atoms with E-state index >= 15 is 0 Å². The second-order valence-corrected chi connectivity index (χ2v) is 6.95. The number of nitrogens with zero attached hydrogens (tertiary/aromatic N) is 1. The molecule has 2 aromatic carbocycles. The maximum absolute atomic E-state index is 12.4. The van der Waals surface area contributed by atoms with E-state index < -0.39 is 0 Å². The van der Waals surface area contributed by atoms with Gasteiger partial charge in [-0.3, -0.25) is 4.79 Å². The summed E-state index contributed by atoms with van der Waals surface area (Å²) < 4.78 is 5.80. The van der Waals surface area contributed by atoms with Crippen molar-refractivity contribution in [3.8, 4) is 11.5 Å². The van der Waals surface area contributed by atoms with E-state index in [2.05, 4.69) is 15.6 Å². The van der Waals surface area contributed by atoms with E-state index in [0.29, 0.717) is 17.4 Å². The molecule has 5 heteroatoms. The lowest BCUT2D eigenvalue weighted by atomic mass is 10.2. The topological polar surface area (TPSA) is 63.2 Å². The van der Waals surface area contributed by atoms with Crippen molar-refractivity contribution >= 4 is 17.4 Å². The molecule has 5 nitrogen and oxygen atoms in total. The summed E-state index contributed by atoms with van der Waals surface area (Å²) in [6.45, 7) is 0. The first-order valence-corrected chi connectivity index (χ1v) is 9.63. The van der Waals surface area contributed by atoms with Gasteiger partial charge >= 0.3 is 0 Å². The van der Waals surface area contributed by atoms with Gasteiger partial charge in [-0.2, -0.15) is 0 Å². The molecule has 0 saturated heterocycles. The van der Waals surface area contributed by atoms with E-state index in [1.807, 2.05) is 54.6 Å². The molecule has 0 spiro atoms. The molecule has 1 saturated carbocycles. The fraction of sp³-hybridized carbons (Fsp3) is 0.217. The lowest BCUT2D eigenvalue weighted by Gasteiger charge is -2.13. The van der Waals surface area contributed by atoms with Gasteiger partial charge in [0.2, 0.25) is 0 Å². The van der Waals surface area contributed by atoms with Crippen molar-refractivity contribution < 1.29 is 9.53 Å². The van der Waals surface area contributed by atoms with Crippen molar-refractivity contribution in [1.29, 1.82) is 0 Å². The Kier molecular flexibility index (Phi) is 5.52. The van der Waals surface area contributed by atoms with Gasteiger partial charge in [0, 0.05) is 23.5 Å². The van der Waals surface area contributed by atoms with Crippen LogP contribution in [0.3, 0.4) is 0 Å². The molecule has 1 heterocycles. The Labute approximate surface area is 164 Å². The van der Waals surface area contributed by atoms with Crippen LogP contribution in [0.5, 0.6) is 11.5 Å². The van der Waals surface area contributed by atoms with Crippen molar-refractivity contribution in [2.24, 2.45) is 0 Å². The minimum absolute atomic E-state index is 0.0380. The summed E-state index contributed by atoms with van der Waals surface area (Å²) >= 11 is 0. The number of rotatable bonds is 6. The first kappa shape index (κ1) is 18.0. The molecule has 0 aliphatic heterocycles. The minimum atomic E-state index is -0.0380. The van der Waals surface area contributed by atoms with E-state index in [0.717, 1.165) is 30.0 Å². The molecule has 28 heavy (non-hydrogen) atoms. The van der Waals surface area contributed by atoms with E-state index in [9.17, 15) is 4.79 Å². The SMILES string of the molecule is O=C(NC1CCCC1)c1ccnc(Nc2ccc(Oc3ccccc3)cc2)c1. The zero-order valence-corrected chi connectivity index (χ0v) is 15.6. The zero-order valence-electron chi connectivity index (χ0n) is 15.6. The third kappa shape index (κ3) is 4.68. The van der Waals surface area contributed by atoms with E-state index in [4.69, 9.17) is 4.74 Å². The first-order chi connectivity index (χ1) is 13.8. The number of hydrogen-bond donors (Lipinski definition) is 2. The molecule has 0 radical (unpaired) electrons. The van der Waals surface area contributed by atoms with E-state index in [1.54, 1.807) is 18.3 Å². The summed E-state index contributed by atoms with van der Waals surface area (Å²) in [5.41, 5.74) is 1.50. The Morgan fingerprint density at radius 1 is 0.929 bits per heavy atom. The first-order valence-electron chi connectivity index (χ1n) is 9.63. The maximum atomic E-state index is 12.4. The number of carbonyl (C=O) groups excluding carboxylic acids is 1. The van der Waals surface area contributed by atoms with Crippen LogP contribution in [0.4, 0.5) is 11.5 Å². The molecule has 2 N–H and O–H groups in total. The molecular formula is C23H23N3O2. The standard InChI is InChI=1S/C23H23N3O2/c27-23(26-18-6-4-5-7-18)17-14-15-24-22(16-17)25-19-10-12-21(13-11-19)28-20-8-2-1-3-9-20/h1-3,8-16,18H,4-7H2,(H,24,25)(H,26,27). The molecule has 1 aliphatic carbocycles. The highest BCUT2D eigenvalue weighted by molar-refractivity contribution is 5.95. The molecular weight excluding hydrogens is 350 g/mol. The monoisotopic (exact) mass is 373 g/mol. The highest BCUT2D eigenvalue weighted by Gasteiger charge is 2.18. The predicted molar refractivity (Wildman–Crippen MR) is 110 cm³/mol. The van der Waals surface area contributed by atoms with Crippen LogP contribution in [0.25, 0.3) is 0 Å². The summed E-state index contributed by atoms with van der Waals surface area (Å²) in [5, 5.41) is 6.34. The van der Waals surface area contributed by atoms with Crippen LogP contribution in [0, 0.1) is 0 Å². The average molecular weight is 373 g/mol. The Balaban J connectivity index is 1.39. The van der Waals surface area contributed by atoms with E-state index in [-0.39, 0.29) is 5.91 Å². The van der Waals surface area contributed by atoms with Crippen molar-refractivity contribution in [2.45, 2.75) is 31.7 Å². The normalized spacial score (nSPS) is 13.9. The second-order valence-electron chi connectivity index (χ2n) is 6.95. The molecule has 0 unspecified atom stereocenters. The number of hydrogen-bond acceptors (Lipinski definition) is 4. The fourth-order valence-electron chi connectivity index (χ4n) is 3.36.